The van der Waals surface area contributed by atoms with Crippen molar-refractivity contribution in [3.8, 4) is 22.4 Å². The summed E-state index contributed by atoms with van der Waals surface area (Å²) in [5, 5.41) is 22.4. The first-order chi connectivity index (χ1) is 14.6. The Kier molecular flexibility index (Phi) is 4.71. The van der Waals surface area contributed by atoms with Crippen LogP contribution in [0.1, 0.15) is 25.3 Å². The highest BCUT2D eigenvalue weighted by Gasteiger charge is 2.27. The van der Waals surface area contributed by atoms with E-state index in [1.165, 1.54) is 0 Å². The number of hydrogen-bond donors (Lipinski definition) is 3. The van der Waals surface area contributed by atoms with Crippen LogP contribution in [-0.2, 0) is 11.2 Å². The van der Waals surface area contributed by atoms with Crippen molar-refractivity contribution in [2.75, 3.05) is 23.8 Å². The molecule has 0 spiro atoms. The van der Waals surface area contributed by atoms with E-state index >= 15 is 0 Å². The van der Waals surface area contributed by atoms with Crippen molar-refractivity contribution in [2.24, 2.45) is 0 Å². The summed E-state index contributed by atoms with van der Waals surface area (Å²) in [6, 6.07) is 8.99. The number of aromatic amines is 1. The van der Waals surface area contributed by atoms with Crippen LogP contribution in [0.15, 0.2) is 36.7 Å². The maximum atomic E-state index is 12.2. The average Bonchev–Trinajstić information content (AvgIpc) is 3.42. The first kappa shape index (κ1) is 18.7. The average molecular weight is 403 g/mol. The Bertz CT molecular complexity index is 1060. The van der Waals surface area contributed by atoms with Gasteiger partial charge in [-0.15, -0.1) is 10.2 Å². The molecule has 2 aliphatic rings. The quantitative estimate of drug-likeness (QED) is 0.619. The lowest BCUT2D eigenvalue weighted by Gasteiger charge is -2.35. The second-order valence-corrected chi connectivity index (χ2v) is 8.15. The number of aromatic nitrogens is 4. The molecule has 2 aromatic heterocycles. The molecule has 8 heteroatoms. The second kappa shape index (κ2) is 7.53. The number of H-pyrrole nitrogens is 1. The molecule has 3 N–H and O–H groups in total. The summed E-state index contributed by atoms with van der Waals surface area (Å²) >= 11 is 0. The predicted octanol–water partition coefficient (Wildman–Crippen LogP) is 2.60. The van der Waals surface area contributed by atoms with Crippen LogP contribution in [-0.4, -0.2) is 52.0 Å². The van der Waals surface area contributed by atoms with Crippen LogP contribution >= 0.6 is 0 Å². The van der Waals surface area contributed by atoms with Gasteiger partial charge in [0.2, 0.25) is 5.91 Å². The van der Waals surface area contributed by atoms with Gasteiger partial charge in [-0.25, -0.2) is 0 Å². The van der Waals surface area contributed by atoms with Gasteiger partial charge in [-0.1, -0.05) is 12.1 Å². The summed E-state index contributed by atoms with van der Waals surface area (Å²) < 4.78 is 0. The van der Waals surface area contributed by atoms with Crippen LogP contribution in [0.5, 0.6) is 0 Å². The van der Waals surface area contributed by atoms with Crippen molar-refractivity contribution in [1.29, 1.82) is 0 Å². The van der Waals surface area contributed by atoms with Gasteiger partial charge >= 0.3 is 0 Å². The van der Waals surface area contributed by atoms with Crippen molar-refractivity contribution < 1.29 is 4.79 Å². The number of hydrogen-bond acceptors (Lipinski definition) is 6. The van der Waals surface area contributed by atoms with Gasteiger partial charge in [0.1, 0.15) is 0 Å². The Balaban J connectivity index is 1.45. The highest BCUT2D eigenvalue weighted by molar-refractivity contribution is 6.06. The van der Waals surface area contributed by atoms with Crippen LogP contribution in [0.2, 0.25) is 0 Å². The summed E-state index contributed by atoms with van der Waals surface area (Å²) in [6.45, 7) is 3.24. The van der Waals surface area contributed by atoms with E-state index in [0.29, 0.717) is 18.5 Å². The third-order valence-corrected chi connectivity index (χ3v) is 6.16. The largest absolute Gasteiger partial charge is 0.355 e. The molecule has 0 saturated carbocycles. The molecule has 2 unspecified atom stereocenters. The molecule has 30 heavy (non-hydrogen) atoms. The Morgan fingerprint density at radius 2 is 2.00 bits per heavy atom. The molecule has 1 amide bonds. The smallest absolute Gasteiger partial charge is 0.228 e. The number of piperidine rings is 1. The molecule has 1 saturated heterocycles. The molecule has 5 rings (SSSR count). The highest BCUT2D eigenvalue weighted by atomic mass is 16.1. The Hall–Kier alpha value is -3.26. The molecule has 1 fully saturated rings. The number of anilines is 2. The lowest BCUT2D eigenvalue weighted by Crippen LogP contribution is -2.45. The summed E-state index contributed by atoms with van der Waals surface area (Å²) in [4.78, 5) is 14.4. The number of carbonyl (C=O) groups excluding carboxylic acids is 1. The van der Waals surface area contributed by atoms with Gasteiger partial charge in [-0.2, -0.15) is 5.10 Å². The van der Waals surface area contributed by atoms with Crippen molar-refractivity contribution in [2.45, 2.75) is 38.3 Å². The minimum atomic E-state index is -0.00784. The Labute approximate surface area is 175 Å². The van der Waals surface area contributed by atoms with Crippen molar-refractivity contribution >= 4 is 17.4 Å². The number of benzene rings is 1. The number of carbonyl (C=O) groups is 1. The number of amides is 1. The SMILES string of the molecule is CC1CC(N(C)c2ccc(-c3ccc(-c4cn[nH]c4)c4c3NC(=O)C4)nn2)CCN1. The van der Waals surface area contributed by atoms with E-state index in [0.717, 1.165) is 58.8 Å². The second-order valence-electron chi connectivity index (χ2n) is 8.15. The van der Waals surface area contributed by atoms with Gasteiger partial charge < -0.3 is 15.5 Å². The fraction of sp³-hybridized carbons (Fsp3) is 0.364. The normalized spacial score (nSPS) is 20.7. The lowest BCUT2D eigenvalue weighted by molar-refractivity contribution is -0.115. The number of nitrogens with zero attached hydrogens (tertiary/aromatic N) is 4. The number of rotatable bonds is 4. The fourth-order valence-electron chi connectivity index (χ4n) is 4.50. The molecule has 0 bridgehead atoms. The maximum absolute atomic E-state index is 12.2. The zero-order valence-corrected chi connectivity index (χ0v) is 17.1. The first-order valence-corrected chi connectivity index (χ1v) is 10.4. The molecule has 1 aromatic carbocycles. The molecule has 2 atom stereocenters. The van der Waals surface area contributed by atoms with Crippen LogP contribution < -0.4 is 15.5 Å². The van der Waals surface area contributed by atoms with Crippen LogP contribution in [0.3, 0.4) is 0 Å². The molecular weight excluding hydrogens is 378 g/mol. The van der Waals surface area contributed by atoms with Crippen molar-refractivity contribution in [3.63, 3.8) is 0 Å². The van der Waals surface area contributed by atoms with E-state index in [1.807, 2.05) is 30.5 Å². The van der Waals surface area contributed by atoms with Gasteiger partial charge in [0.05, 0.1) is 24.0 Å². The van der Waals surface area contributed by atoms with Crippen molar-refractivity contribution in [3.05, 3.63) is 42.2 Å². The van der Waals surface area contributed by atoms with Crippen molar-refractivity contribution in [1.82, 2.24) is 25.7 Å². The van der Waals surface area contributed by atoms with E-state index in [4.69, 9.17) is 0 Å². The van der Waals surface area contributed by atoms with Gasteiger partial charge in [0, 0.05) is 36.5 Å². The molecule has 8 nitrogen and oxygen atoms in total. The minimum Gasteiger partial charge on any atom is -0.355 e. The summed E-state index contributed by atoms with van der Waals surface area (Å²) in [5.41, 5.74) is 5.41. The van der Waals surface area contributed by atoms with E-state index in [1.54, 1.807) is 6.20 Å². The Morgan fingerprint density at radius 3 is 2.73 bits per heavy atom. The fourth-order valence-corrected chi connectivity index (χ4v) is 4.50. The van der Waals surface area contributed by atoms with Crippen LogP contribution in [0.25, 0.3) is 22.4 Å². The zero-order chi connectivity index (χ0) is 20.7. The first-order valence-electron chi connectivity index (χ1n) is 10.4. The molecule has 154 valence electrons. The molecule has 3 aromatic rings. The zero-order valence-electron chi connectivity index (χ0n) is 17.1. The van der Waals surface area contributed by atoms with E-state index in [-0.39, 0.29) is 5.91 Å². The summed E-state index contributed by atoms with van der Waals surface area (Å²) in [7, 11) is 2.09. The molecule has 2 aliphatic heterocycles. The van der Waals surface area contributed by atoms with Gasteiger partial charge in [-0.05, 0) is 49.6 Å². The summed E-state index contributed by atoms with van der Waals surface area (Å²) in [6.07, 6.45) is 6.15. The van der Waals surface area contributed by atoms with Crippen LogP contribution in [0, 0.1) is 0 Å². The van der Waals surface area contributed by atoms with E-state index in [2.05, 4.69) is 49.9 Å². The lowest BCUT2D eigenvalue weighted by atomic mass is 9.96. The van der Waals surface area contributed by atoms with Gasteiger partial charge in [-0.3, -0.25) is 9.89 Å². The summed E-state index contributed by atoms with van der Waals surface area (Å²) in [5.74, 6) is 0.861. The standard InChI is InChI=1S/C22H25N7O/c1-13-9-15(7-8-23-13)29(2)20-6-5-19(27-28-20)17-4-3-16(14-11-24-25-12-14)18-10-21(30)26-22(17)18/h3-6,11-13,15,23H,7-10H2,1-2H3,(H,24,25)(H,26,30). The molecular formula is C22H25N7O. The highest BCUT2D eigenvalue weighted by Crippen LogP contribution is 2.40. The third kappa shape index (κ3) is 3.33. The minimum absolute atomic E-state index is 0.00784. The topological polar surface area (TPSA) is 98.8 Å². The van der Waals surface area contributed by atoms with Gasteiger partial charge in [0.15, 0.2) is 5.82 Å². The number of nitrogens with one attached hydrogen (secondary N) is 3. The predicted molar refractivity (Wildman–Crippen MR) is 116 cm³/mol. The van der Waals surface area contributed by atoms with E-state index in [9.17, 15) is 4.79 Å². The Morgan fingerprint density at radius 1 is 1.13 bits per heavy atom. The van der Waals surface area contributed by atoms with Crippen LogP contribution in [0.4, 0.5) is 11.5 Å². The monoisotopic (exact) mass is 403 g/mol. The molecule has 0 radical (unpaired) electrons. The van der Waals surface area contributed by atoms with E-state index < -0.39 is 0 Å². The molecule has 4 heterocycles. The van der Waals surface area contributed by atoms with Gasteiger partial charge in [0.25, 0.3) is 0 Å². The maximum Gasteiger partial charge on any atom is 0.228 e. The third-order valence-electron chi connectivity index (χ3n) is 6.16. The molecule has 0 aliphatic carbocycles. The number of fused-ring (bicyclic) bond motifs is 1.